The Bertz CT molecular complexity index is 465. The summed E-state index contributed by atoms with van der Waals surface area (Å²) >= 11 is 0. The topological polar surface area (TPSA) is 26.3 Å². The maximum atomic E-state index is 11.3. The number of benzene rings is 1. The lowest BCUT2D eigenvalue weighted by atomic mass is 9.80. The highest BCUT2D eigenvalue weighted by molar-refractivity contribution is 5.68. The summed E-state index contributed by atoms with van der Waals surface area (Å²) < 4.78 is 5.78. The third kappa shape index (κ3) is 3.46. The summed E-state index contributed by atoms with van der Waals surface area (Å²) in [7, 11) is 0. The van der Waals surface area contributed by atoms with Crippen LogP contribution in [-0.2, 0) is 10.2 Å². The minimum atomic E-state index is -0.414. The average molecular weight is 260 g/mol. The largest absolute Gasteiger partial charge is 0.489 e. The molecule has 0 bridgehead atoms. The maximum Gasteiger partial charge on any atom is 0.130 e. The van der Waals surface area contributed by atoms with Crippen LogP contribution >= 0.6 is 0 Å². The quantitative estimate of drug-likeness (QED) is 0.568. The zero-order chi connectivity index (χ0) is 14.6. The molecule has 1 aromatic carbocycles. The zero-order valence-electron chi connectivity index (χ0n) is 12.7. The van der Waals surface area contributed by atoms with Crippen LogP contribution in [0.1, 0.15) is 43.9 Å². The van der Waals surface area contributed by atoms with E-state index in [0.29, 0.717) is 6.61 Å². The lowest BCUT2D eigenvalue weighted by Crippen LogP contribution is -2.23. The highest BCUT2D eigenvalue weighted by Gasteiger charge is 2.25. The second-order valence-electron chi connectivity index (χ2n) is 5.57. The third-order valence-corrected chi connectivity index (χ3v) is 3.58. The normalized spacial score (nSPS) is 13.7. The van der Waals surface area contributed by atoms with E-state index in [0.717, 1.165) is 40.7 Å². The lowest BCUT2D eigenvalue weighted by Gasteiger charge is -2.24. The van der Waals surface area contributed by atoms with Gasteiger partial charge in [-0.05, 0) is 56.4 Å². The smallest absolute Gasteiger partial charge is 0.130 e. The van der Waals surface area contributed by atoms with Crippen LogP contribution in [-0.4, -0.2) is 12.9 Å². The molecule has 0 spiro atoms. The van der Waals surface area contributed by atoms with Crippen LogP contribution in [0, 0.1) is 13.8 Å². The van der Waals surface area contributed by atoms with Crippen molar-refractivity contribution in [1.82, 2.24) is 0 Å². The molecule has 0 fully saturated rings. The molecule has 1 aromatic rings. The first-order valence-corrected chi connectivity index (χ1v) is 6.69. The number of aldehydes is 1. The van der Waals surface area contributed by atoms with E-state index in [2.05, 4.69) is 18.7 Å². The Labute approximate surface area is 116 Å². The number of rotatable bonds is 6. The van der Waals surface area contributed by atoms with Crippen molar-refractivity contribution in [2.45, 2.75) is 46.5 Å². The minimum absolute atomic E-state index is 0.414. The molecule has 0 aliphatic heterocycles. The summed E-state index contributed by atoms with van der Waals surface area (Å²) in [6.07, 6.45) is 1.83. The highest BCUT2D eigenvalue weighted by atomic mass is 16.5. The van der Waals surface area contributed by atoms with E-state index in [4.69, 9.17) is 4.74 Å². The van der Waals surface area contributed by atoms with E-state index < -0.39 is 5.41 Å². The summed E-state index contributed by atoms with van der Waals surface area (Å²) in [5.74, 6) is 0.899. The molecule has 2 nitrogen and oxygen atoms in total. The predicted molar refractivity (Wildman–Crippen MR) is 79.9 cm³/mol. The summed E-state index contributed by atoms with van der Waals surface area (Å²) in [5.41, 5.74) is 3.77. The van der Waals surface area contributed by atoms with Crippen molar-refractivity contribution < 1.29 is 9.53 Å². The molecule has 0 aliphatic carbocycles. The molecule has 104 valence electrons. The minimum Gasteiger partial charge on any atom is -0.489 e. The first kappa shape index (κ1) is 15.5. The molecular weight excluding hydrogens is 236 g/mol. The van der Waals surface area contributed by atoms with Gasteiger partial charge in [-0.3, -0.25) is 0 Å². The number of ether oxygens (including phenoxy) is 1. The van der Waals surface area contributed by atoms with E-state index in [1.807, 2.05) is 34.6 Å². The van der Waals surface area contributed by atoms with E-state index in [1.165, 1.54) is 0 Å². The van der Waals surface area contributed by atoms with Crippen molar-refractivity contribution in [1.29, 1.82) is 0 Å². The number of hydrogen-bond acceptors (Lipinski definition) is 2. The Morgan fingerprint density at radius 2 is 1.89 bits per heavy atom. The van der Waals surface area contributed by atoms with Gasteiger partial charge in [-0.25, -0.2) is 0 Å². The Morgan fingerprint density at radius 1 is 1.37 bits per heavy atom. The van der Waals surface area contributed by atoms with Gasteiger partial charge in [0.05, 0.1) is 0 Å². The van der Waals surface area contributed by atoms with Crippen LogP contribution in [0.3, 0.4) is 0 Å². The maximum absolute atomic E-state index is 11.3. The molecule has 1 rings (SSSR count). The highest BCUT2D eigenvalue weighted by Crippen LogP contribution is 2.32. The fourth-order valence-corrected chi connectivity index (χ4v) is 2.06. The van der Waals surface area contributed by atoms with Crippen LogP contribution in [0.2, 0.25) is 0 Å². The first-order valence-electron chi connectivity index (χ1n) is 6.69. The van der Waals surface area contributed by atoms with Crippen molar-refractivity contribution in [3.63, 3.8) is 0 Å². The molecule has 0 aromatic heterocycles. The molecule has 0 amide bonds. The Balaban J connectivity index is 3.16. The van der Waals surface area contributed by atoms with Gasteiger partial charge in [0.1, 0.15) is 18.6 Å². The van der Waals surface area contributed by atoms with Gasteiger partial charge < -0.3 is 9.53 Å². The number of carbonyl (C=O) groups is 1. The molecule has 1 atom stereocenters. The van der Waals surface area contributed by atoms with E-state index >= 15 is 0 Å². The summed E-state index contributed by atoms with van der Waals surface area (Å²) in [5, 5.41) is 0. The van der Waals surface area contributed by atoms with E-state index in [1.54, 1.807) is 0 Å². The Hall–Kier alpha value is -1.57. The van der Waals surface area contributed by atoms with E-state index in [-0.39, 0.29) is 0 Å². The Kier molecular flexibility index (Phi) is 4.93. The molecule has 2 heteroatoms. The van der Waals surface area contributed by atoms with Gasteiger partial charge in [0.2, 0.25) is 0 Å². The van der Waals surface area contributed by atoms with Crippen LogP contribution in [0.4, 0.5) is 0 Å². The van der Waals surface area contributed by atoms with Crippen molar-refractivity contribution in [3.8, 4) is 5.75 Å². The van der Waals surface area contributed by atoms with Gasteiger partial charge in [-0.2, -0.15) is 0 Å². The van der Waals surface area contributed by atoms with Crippen LogP contribution in [0.15, 0.2) is 24.3 Å². The number of aryl methyl sites for hydroxylation is 2. The summed E-state index contributed by atoms with van der Waals surface area (Å²) in [6, 6.07) is 4.11. The van der Waals surface area contributed by atoms with Crippen LogP contribution in [0.25, 0.3) is 0 Å². The Morgan fingerprint density at radius 3 is 2.26 bits per heavy atom. The summed E-state index contributed by atoms with van der Waals surface area (Å²) in [4.78, 5) is 11.3. The van der Waals surface area contributed by atoms with Crippen LogP contribution in [0.5, 0.6) is 5.75 Å². The van der Waals surface area contributed by atoms with Gasteiger partial charge in [-0.15, -0.1) is 0 Å². The SMILES string of the molecule is C=C(C)COc1c(C)cc(C(C)(C=O)CC)cc1C. The molecule has 0 radical (unpaired) electrons. The molecule has 0 N–H and O–H groups in total. The van der Waals surface area contributed by atoms with Gasteiger partial charge in [0.15, 0.2) is 0 Å². The van der Waals surface area contributed by atoms with Crippen LogP contribution < -0.4 is 4.74 Å². The monoisotopic (exact) mass is 260 g/mol. The first-order chi connectivity index (χ1) is 8.84. The standard InChI is InChI=1S/C17H24O2/c1-7-17(6,11-18)15-8-13(4)16(14(5)9-15)19-10-12(2)3/h8-9,11H,2,7,10H2,1,3-6H3. The van der Waals surface area contributed by atoms with Crippen molar-refractivity contribution >= 4 is 6.29 Å². The summed E-state index contributed by atoms with van der Waals surface area (Å²) in [6.45, 7) is 14.4. The predicted octanol–water partition coefficient (Wildman–Crippen LogP) is 4.12. The molecular formula is C17H24O2. The van der Waals surface area contributed by atoms with Gasteiger partial charge in [0.25, 0.3) is 0 Å². The fraction of sp³-hybridized carbons (Fsp3) is 0.471. The van der Waals surface area contributed by atoms with E-state index in [9.17, 15) is 4.79 Å². The molecule has 19 heavy (non-hydrogen) atoms. The van der Waals surface area contributed by atoms with Crippen molar-refractivity contribution in [2.75, 3.05) is 6.61 Å². The van der Waals surface area contributed by atoms with Gasteiger partial charge >= 0.3 is 0 Å². The second-order valence-corrected chi connectivity index (χ2v) is 5.57. The average Bonchev–Trinajstić information content (AvgIpc) is 2.36. The zero-order valence-corrected chi connectivity index (χ0v) is 12.7. The second kappa shape index (κ2) is 6.05. The van der Waals surface area contributed by atoms with Gasteiger partial charge in [-0.1, -0.05) is 25.6 Å². The van der Waals surface area contributed by atoms with Crippen molar-refractivity contribution in [3.05, 3.63) is 41.0 Å². The van der Waals surface area contributed by atoms with Crippen molar-refractivity contribution in [2.24, 2.45) is 0 Å². The fourth-order valence-electron chi connectivity index (χ4n) is 2.06. The molecule has 0 heterocycles. The molecule has 0 saturated carbocycles. The number of carbonyl (C=O) groups excluding carboxylic acids is 1. The number of hydrogen-bond donors (Lipinski definition) is 0. The van der Waals surface area contributed by atoms with Gasteiger partial charge in [0, 0.05) is 5.41 Å². The molecule has 1 unspecified atom stereocenters. The molecule has 0 saturated heterocycles. The molecule has 0 aliphatic rings. The third-order valence-electron chi connectivity index (χ3n) is 3.58. The lowest BCUT2D eigenvalue weighted by molar-refractivity contribution is -0.112.